The first-order chi connectivity index (χ1) is 34.0. The van der Waals surface area contributed by atoms with Crippen molar-refractivity contribution in [2.24, 2.45) is 0 Å². The molecule has 0 aromatic carbocycles. The molecule has 1 unspecified atom stereocenters. The van der Waals surface area contributed by atoms with Crippen LogP contribution in [0.3, 0.4) is 0 Å². The van der Waals surface area contributed by atoms with Crippen LogP contribution >= 0.6 is 0 Å². The highest BCUT2D eigenvalue weighted by Gasteiger charge is 2.19. The lowest BCUT2D eigenvalue weighted by Gasteiger charge is -2.18. The van der Waals surface area contributed by atoms with Crippen molar-refractivity contribution < 1.29 is 28.6 Å². The molecule has 0 spiro atoms. The molecule has 6 nitrogen and oxygen atoms in total. The Hall–Kier alpha value is -4.45. The van der Waals surface area contributed by atoms with Crippen LogP contribution < -0.4 is 0 Å². The molecular formula is C63H100O6. The van der Waals surface area contributed by atoms with Gasteiger partial charge in [0, 0.05) is 19.3 Å². The first-order valence-electron chi connectivity index (χ1n) is 27.7. The Kier molecular flexibility index (Phi) is 52.5. The van der Waals surface area contributed by atoms with Crippen molar-refractivity contribution in [3.05, 3.63) is 134 Å². The van der Waals surface area contributed by atoms with Crippen molar-refractivity contribution in [2.45, 2.75) is 232 Å². The summed E-state index contributed by atoms with van der Waals surface area (Å²) >= 11 is 0. The number of carbonyl (C=O) groups is 3. The van der Waals surface area contributed by atoms with Gasteiger partial charge < -0.3 is 14.2 Å². The highest BCUT2D eigenvalue weighted by atomic mass is 16.6. The fourth-order valence-corrected chi connectivity index (χ4v) is 7.12. The van der Waals surface area contributed by atoms with Crippen molar-refractivity contribution in [3.8, 4) is 0 Å². The van der Waals surface area contributed by atoms with Gasteiger partial charge in [0.15, 0.2) is 6.10 Å². The molecule has 0 aliphatic rings. The van der Waals surface area contributed by atoms with E-state index in [1.165, 1.54) is 77.0 Å². The summed E-state index contributed by atoms with van der Waals surface area (Å²) in [5, 5.41) is 0. The SMILES string of the molecule is CC\C=C/C=C\C=C/C=C\CCCCCCCC(=O)OCC(COC(=O)CC/C=C\C/C=C\C/C=C\C/C=C\C/C=C\C/C=C\CC)OC(=O)CCCCCCCCC/C=C\CCCCCCCC. The normalized spacial score (nSPS) is 13.1. The monoisotopic (exact) mass is 953 g/mol. The van der Waals surface area contributed by atoms with Gasteiger partial charge in [0.05, 0.1) is 0 Å². The predicted octanol–water partition coefficient (Wildman–Crippen LogP) is 18.6. The standard InChI is InChI=1S/C63H100O6/c1-4-7-10-13-16-19-22-25-28-30-31-33-35-38-41-44-47-50-53-56-62(65)68-59-60(58-67-61(64)55-52-49-46-43-40-37-34-27-24-21-18-15-12-9-6-3)69-63(66)57-54-51-48-45-42-39-36-32-29-26-23-20-17-14-11-8-5-2/h7,9-10,12,15-16,18-19,21,24-29,31,33-34,38,41,47,50,60H,4-6,8,11,13-14,17,20,22-23,30,32,35-37,39-40,42-46,48-49,51-59H2,1-3H3/b10-7-,12-9-,18-15-,19-16-,24-21-,28-25-,29-26-,33-31-,34-27-,41-38-,50-47-. The summed E-state index contributed by atoms with van der Waals surface area (Å²) in [6.45, 7) is 6.28. The van der Waals surface area contributed by atoms with E-state index in [4.69, 9.17) is 14.2 Å². The maximum absolute atomic E-state index is 12.8. The minimum absolute atomic E-state index is 0.120. The van der Waals surface area contributed by atoms with E-state index in [1.54, 1.807) is 0 Å². The van der Waals surface area contributed by atoms with E-state index in [-0.39, 0.29) is 37.5 Å². The number of allylic oxidation sites excluding steroid dienone is 22. The van der Waals surface area contributed by atoms with Crippen LogP contribution in [-0.2, 0) is 28.6 Å². The third-order valence-corrected chi connectivity index (χ3v) is 11.2. The molecule has 0 radical (unpaired) electrons. The van der Waals surface area contributed by atoms with Gasteiger partial charge in [-0.05, 0) is 103 Å². The molecule has 6 heteroatoms. The molecule has 0 rings (SSSR count). The lowest BCUT2D eigenvalue weighted by Crippen LogP contribution is -2.30. The summed E-state index contributed by atoms with van der Waals surface area (Å²) in [6.07, 6.45) is 78.7. The molecule has 0 aliphatic heterocycles. The Bertz CT molecular complexity index is 1510. The van der Waals surface area contributed by atoms with Gasteiger partial charge in [0.2, 0.25) is 0 Å². The van der Waals surface area contributed by atoms with Crippen LogP contribution in [-0.4, -0.2) is 37.2 Å². The molecule has 0 bridgehead atoms. The summed E-state index contributed by atoms with van der Waals surface area (Å²) in [7, 11) is 0. The quantitative estimate of drug-likeness (QED) is 0.0199. The van der Waals surface area contributed by atoms with E-state index in [9.17, 15) is 14.4 Å². The fourth-order valence-electron chi connectivity index (χ4n) is 7.12. The molecule has 0 aromatic heterocycles. The Balaban J connectivity index is 4.56. The fraction of sp³-hybridized carbons (Fsp3) is 0.603. The van der Waals surface area contributed by atoms with E-state index < -0.39 is 6.10 Å². The molecule has 69 heavy (non-hydrogen) atoms. The molecule has 0 aliphatic carbocycles. The number of esters is 3. The van der Waals surface area contributed by atoms with E-state index in [2.05, 4.69) is 118 Å². The van der Waals surface area contributed by atoms with Gasteiger partial charge in [0.1, 0.15) is 13.2 Å². The van der Waals surface area contributed by atoms with Crippen LogP contribution in [0, 0.1) is 0 Å². The summed E-state index contributed by atoms with van der Waals surface area (Å²) in [4.78, 5) is 38.1. The van der Waals surface area contributed by atoms with Crippen LogP contribution in [0.25, 0.3) is 0 Å². The van der Waals surface area contributed by atoms with Gasteiger partial charge in [0.25, 0.3) is 0 Å². The second kappa shape index (κ2) is 56.1. The second-order valence-corrected chi connectivity index (χ2v) is 17.8. The summed E-state index contributed by atoms with van der Waals surface area (Å²) in [6, 6.07) is 0. The summed E-state index contributed by atoms with van der Waals surface area (Å²) < 4.78 is 16.8. The first-order valence-corrected chi connectivity index (χ1v) is 27.7. The number of rotatable bonds is 48. The van der Waals surface area contributed by atoms with Gasteiger partial charge in [-0.1, -0.05) is 238 Å². The summed E-state index contributed by atoms with van der Waals surface area (Å²) in [5.74, 6) is -1.04. The molecule has 1 atom stereocenters. The minimum atomic E-state index is -0.826. The molecule has 0 heterocycles. The molecule has 0 N–H and O–H groups in total. The average Bonchev–Trinajstić information content (AvgIpc) is 3.35. The number of hydrogen-bond acceptors (Lipinski definition) is 6. The first kappa shape index (κ1) is 64.5. The third-order valence-electron chi connectivity index (χ3n) is 11.2. The van der Waals surface area contributed by atoms with E-state index in [0.717, 1.165) is 103 Å². The van der Waals surface area contributed by atoms with Gasteiger partial charge in [-0.2, -0.15) is 0 Å². The van der Waals surface area contributed by atoms with Crippen molar-refractivity contribution in [3.63, 3.8) is 0 Å². The van der Waals surface area contributed by atoms with E-state index >= 15 is 0 Å². The minimum Gasteiger partial charge on any atom is -0.462 e. The predicted molar refractivity (Wildman–Crippen MR) is 297 cm³/mol. The Labute approximate surface area is 424 Å². The van der Waals surface area contributed by atoms with Crippen LogP contribution in [0.1, 0.15) is 226 Å². The highest BCUT2D eigenvalue weighted by Crippen LogP contribution is 2.14. The zero-order chi connectivity index (χ0) is 50.0. The number of unbranched alkanes of at least 4 members (excludes halogenated alkanes) is 18. The molecule has 0 amide bonds. The van der Waals surface area contributed by atoms with Crippen LogP contribution in [0.2, 0.25) is 0 Å². The lowest BCUT2D eigenvalue weighted by molar-refractivity contribution is -0.166. The van der Waals surface area contributed by atoms with Gasteiger partial charge in [-0.25, -0.2) is 0 Å². The maximum Gasteiger partial charge on any atom is 0.306 e. The van der Waals surface area contributed by atoms with Crippen molar-refractivity contribution in [2.75, 3.05) is 13.2 Å². The van der Waals surface area contributed by atoms with Gasteiger partial charge >= 0.3 is 17.9 Å². The largest absolute Gasteiger partial charge is 0.462 e. The molecule has 0 aromatic rings. The van der Waals surface area contributed by atoms with Crippen molar-refractivity contribution in [1.82, 2.24) is 0 Å². The van der Waals surface area contributed by atoms with Crippen LogP contribution in [0.15, 0.2) is 134 Å². The number of hydrogen-bond donors (Lipinski definition) is 0. The Morgan fingerprint density at radius 2 is 0.667 bits per heavy atom. The molecule has 0 fully saturated rings. The van der Waals surface area contributed by atoms with Crippen LogP contribution in [0.4, 0.5) is 0 Å². The summed E-state index contributed by atoms with van der Waals surface area (Å²) in [5.41, 5.74) is 0. The molecular weight excluding hydrogens is 853 g/mol. The maximum atomic E-state index is 12.8. The molecule has 0 saturated heterocycles. The van der Waals surface area contributed by atoms with Crippen molar-refractivity contribution in [1.29, 1.82) is 0 Å². The van der Waals surface area contributed by atoms with E-state index in [1.807, 2.05) is 36.5 Å². The second-order valence-electron chi connectivity index (χ2n) is 17.8. The van der Waals surface area contributed by atoms with Gasteiger partial charge in [-0.3, -0.25) is 14.4 Å². The van der Waals surface area contributed by atoms with Crippen molar-refractivity contribution >= 4 is 17.9 Å². The Morgan fingerprint density at radius 3 is 1.14 bits per heavy atom. The van der Waals surface area contributed by atoms with E-state index in [0.29, 0.717) is 19.3 Å². The average molecular weight is 953 g/mol. The third kappa shape index (κ3) is 54.4. The molecule has 388 valence electrons. The molecule has 0 saturated carbocycles. The highest BCUT2D eigenvalue weighted by molar-refractivity contribution is 5.71. The topological polar surface area (TPSA) is 78.9 Å². The smallest absolute Gasteiger partial charge is 0.306 e. The number of carbonyl (C=O) groups excluding carboxylic acids is 3. The Morgan fingerprint density at radius 1 is 0.319 bits per heavy atom. The number of ether oxygens (including phenoxy) is 3. The zero-order valence-corrected chi connectivity index (χ0v) is 44.3. The van der Waals surface area contributed by atoms with Gasteiger partial charge in [-0.15, -0.1) is 0 Å². The van der Waals surface area contributed by atoms with Crippen LogP contribution in [0.5, 0.6) is 0 Å². The zero-order valence-electron chi connectivity index (χ0n) is 44.3. The lowest BCUT2D eigenvalue weighted by atomic mass is 10.1.